The van der Waals surface area contributed by atoms with Crippen molar-refractivity contribution in [2.75, 3.05) is 24.5 Å². The Morgan fingerprint density at radius 3 is 2.84 bits per heavy atom. The predicted octanol–water partition coefficient (Wildman–Crippen LogP) is 4.19. The van der Waals surface area contributed by atoms with Crippen LogP contribution in [0.5, 0.6) is 0 Å². The van der Waals surface area contributed by atoms with Crippen molar-refractivity contribution < 1.29 is 0 Å². The van der Waals surface area contributed by atoms with Gasteiger partial charge in [0.15, 0.2) is 0 Å². The van der Waals surface area contributed by atoms with Gasteiger partial charge in [0.25, 0.3) is 0 Å². The second kappa shape index (κ2) is 7.30. The van der Waals surface area contributed by atoms with Gasteiger partial charge >= 0.3 is 0 Å². The smallest absolute Gasteiger partial charge is 0.0377 e. The van der Waals surface area contributed by atoms with Crippen LogP contribution in [0.2, 0.25) is 0 Å². The van der Waals surface area contributed by atoms with Gasteiger partial charge in [-0.3, -0.25) is 0 Å². The molecule has 0 aliphatic carbocycles. The summed E-state index contributed by atoms with van der Waals surface area (Å²) in [5.41, 5.74) is 2.71. The van der Waals surface area contributed by atoms with Gasteiger partial charge in [0, 0.05) is 29.8 Å². The molecule has 1 heterocycles. The monoisotopic (exact) mass is 324 g/mol. The van der Waals surface area contributed by atoms with E-state index in [1.807, 2.05) is 0 Å². The van der Waals surface area contributed by atoms with Crippen molar-refractivity contribution in [1.29, 1.82) is 0 Å². The van der Waals surface area contributed by atoms with Crippen molar-refractivity contribution in [3.05, 3.63) is 28.2 Å². The van der Waals surface area contributed by atoms with E-state index in [0.717, 1.165) is 19.0 Å². The lowest BCUT2D eigenvalue weighted by Gasteiger charge is -2.20. The Morgan fingerprint density at radius 2 is 2.21 bits per heavy atom. The maximum Gasteiger partial charge on any atom is 0.0377 e. The minimum Gasteiger partial charge on any atom is -0.371 e. The highest BCUT2D eigenvalue weighted by molar-refractivity contribution is 9.10. The molecule has 0 spiro atoms. The molecular weight excluding hydrogens is 300 g/mol. The highest BCUT2D eigenvalue weighted by atomic mass is 79.9. The normalized spacial score (nSPS) is 19.1. The van der Waals surface area contributed by atoms with Crippen molar-refractivity contribution >= 4 is 21.6 Å². The number of hydrogen-bond acceptors (Lipinski definition) is 2. The van der Waals surface area contributed by atoms with Gasteiger partial charge in [-0.25, -0.2) is 0 Å². The summed E-state index contributed by atoms with van der Waals surface area (Å²) in [5, 5.41) is 3.45. The first kappa shape index (κ1) is 14.9. The van der Waals surface area contributed by atoms with Crippen LogP contribution in [0.15, 0.2) is 22.7 Å². The first-order valence-electron chi connectivity index (χ1n) is 7.48. The van der Waals surface area contributed by atoms with Gasteiger partial charge in [-0.1, -0.05) is 42.3 Å². The molecule has 1 aliphatic heterocycles. The van der Waals surface area contributed by atoms with Crippen LogP contribution in [-0.4, -0.2) is 19.6 Å². The number of hydrogen-bond donors (Lipinski definition) is 1. The molecule has 0 aromatic heterocycles. The van der Waals surface area contributed by atoms with Crippen LogP contribution in [-0.2, 0) is 6.54 Å². The Hall–Kier alpha value is -0.540. The Kier molecular flexibility index (Phi) is 5.71. The molecule has 0 bridgehead atoms. The fourth-order valence-electron chi connectivity index (χ4n) is 2.68. The Balaban J connectivity index is 1.98. The van der Waals surface area contributed by atoms with Gasteiger partial charge in [0.2, 0.25) is 0 Å². The minimum absolute atomic E-state index is 0.879. The number of rotatable bonds is 6. The minimum atomic E-state index is 0.879. The number of halogens is 1. The predicted molar refractivity (Wildman–Crippen MR) is 86.8 cm³/mol. The molecule has 19 heavy (non-hydrogen) atoms. The van der Waals surface area contributed by atoms with E-state index in [1.165, 1.54) is 48.1 Å². The van der Waals surface area contributed by atoms with E-state index in [9.17, 15) is 0 Å². The topological polar surface area (TPSA) is 15.3 Å². The van der Waals surface area contributed by atoms with Crippen LogP contribution in [0.1, 0.15) is 38.7 Å². The fraction of sp³-hybridized carbons (Fsp3) is 0.625. The average molecular weight is 325 g/mol. The SMILES string of the molecule is CCCNCc1ccc(N2CCC(CC)C2)cc1Br. The molecule has 3 heteroatoms. The average Bonchev–Trinajstić information content (AvgIpc) is 2.89. The van der Waals surface area contributed by atoms with Crippen LogP contribution in [0, 0.1) is 5.92 Å². The summed E-state index contributed by atoms with van der Waals surface area (Å²) in [4.78, 5) is 2.52. The molecule has 1 N–H and O–H groups in total. The van der Waals surface area contributed by atoms with E-state index in [-0.39, 0.29) is 0 Å². The van der Waals surface area contributed by atoms with Crippen LogP contribution in [0.25, 0.3) is 0 Å². The largest absolute Gasteiger partial charge is 0.371 e. The molecule has 1 atom stereocenters. The van der Waals surface area contributed by atoms with Gasteiger partial charge < -0.3 is 10.2 Å². The zero-order valence-electron chi connectivity index (χ0n) is 12.1. The van der Waals surface area contributed by atoms with Crippen molar-refractivity contribution in [2.45, 2.75) is 39.7 Å². The Morgan fingerprint density at radius 1 is 1.37 bits per heavy atom. The molecule has 1 aromatic rings. The highest BCUT2D eigenvalue weighted by Crippen LogP contribution is 2.29. The molecule has 2 rings (SSSR count). The molecule has 0 amide bonds. The third-order valence-electron chi connectivity index (χ3n) is 4.01. The maximum absolute atomic E-state index is 3.71. The second-order valence-electron chi connectivity index (χ2n) is 5.46. The molecule has 1 fully saturated rings. The van der Waals surface area contributed by atoms with E-state index in [4.69, 9.17) is 0 Å². The van der Waals surface area contributed by atoms with Crippen molar-refractivity contribution in [2.24, 2.45) is 5.92 Å². The molecule has 0 saturated carbocycles. The van der Waals surface area contributed by atoms with E-state index in [1.54, 1.807) is 0 Å². The molecule has 2 nitrogen and oxygen atoms in total. The zero-order valence-corrected chi connectivity index (χ0v) is 13.7. The summed E-state index contributed by atoms with van der Waals surface area (Å²) in [7, 11) is 0. The van der Waals surface area contributed by atoms with Crippen LogP contribution in [0.4, 0.5) is 5.69 Å². The summed E-state index contributed by atoms with van der Waals surface area (Å²) in [5.74, 6) is 0.879. The lowest BCUT2D eigenvalue weighted by Crippen LogP contribution is -2.20. The quantitative estimate of drug-likeness (QED) is 0.789. The number of nitrogens with one attached hydrogen (secondary N) is 1. The van der Waals surface area contributed by atoms with Crippen LogP contribution in [0.3, 0.4) is 0 Å². The summed E-state index contributed by atoms with van der Waals surface area (Å²) in [6.07, 6.45) is 3.83. The van der Waals surface area contributed by atoms with Gasteiger partial charge in [-0.15, -0.1) is 0 Å². The molecule has 1 saturated heterocycles. The van der Waals surface area contributed by atoms with Gasteiger partial charge in [0.1, 0.15) is 0 Å². The fourth-order valence-corrected chi connectivity index (χ4v) is 3.18. The number of benzene rings is 1. The summed E-state index contributed by atoms with van der Waals surface area (Å²) in [6, 6.07) is 6.80. The van der Waals surface area contributed by atoms with Crippen molar-refractivity contribution in [1.82, 2.24) is 5.32 Å². The first-order chi connectivity index (χ1) is 9.24. The highest BCUT2D eigenvalue weighted by Gasteiger charge is 2.21. The van der Waals surface area contributed by atoms with Crippen LogP contribution >= 0.6 is 15.9 Å². The zero-order chi connectivity index (χ0) is 13.7. The number of anilines is 1. The Bertz CT molecular complexity index is 406. The van der Waals surface area contributed by atoms with Crippen LogP contribution < -0.4 is 10.2 Å². The lowest BCUT2D eigenvalue weighted by atomic mass is 10.1. The molecular formula is C16H25BrN2. The van der Waals surface area contributed by atoms with E-state index < -0.39 is 0 Å². The molecule has 1 aliphatic rings. The van der Waals surface area contributed by atoms with Crippen molar-refractivity contribution in [3.63, 3.8) is 0 Å². The molecule has 1 aromatic carbocycles. The van der Waals surface area contributed by atoms with Gasteiger partial charge in [0.05, 0.1) is 0 Å². The summed E-state index contributed by atoms with van der Waals surface area (Å²) < 4.78 is 1.23. The van der Waals surface area contributed by atoms with E-state index >= 15 is 0 Å². The molecule has 0 radical (unpaired) electrons. The van der Waals surface area contributed by atoms with E-state index in [2.05, 4.69) is 58.2 Å². The maximum atomic E-state index is 3.71. The second-order valence-corrected chi connectivity index (χ2v) is 6.32. The first-order valence-corrected chi connectivity index (χ1v) is 8.28. The Labute approximate surface area is 125 Å². The molecule has 106 valence electrons. The van der Waals surface area contributed by atoms with Gasteiger partial charge in [-0.2, -0.15) is 0 Å². The molecule has 1 unspecified atom stereocenters. The summed E-state index contributed by atoms with van der Waals surface area (Å²) >= 11 is 3.71. The van der Waals surface area contributed by atoms with E-state index in [0.29, 0.717) is 0 Å². The van der Waals surface area contributed by atoms with Gasteiger partial charge in [-0.05, 0) is 43.0 Å². The van der Waals surface area contributed by atoms with Crippen molar-refractivity contribution in [3.8, 4) is 0 Å². The standard InChI is InChI=1S/C16H25BrN2/c1-3-8-18-11-14-5-6-15(10-16(14)17)19-9-7-13(4-2)12-19/h5-6,10,13,18H,3-4,7-9,11-12H2,1-2H3. The number of nitrogens with zero attached hydrogens (tertiary/aromatic N) is 1. The third-order valence-corrected chi connectivity index (χ3v) is 4.75. The third kappa shape index (κ3) is 3.96. The lowest BCUT2D eigenvalue weighted by molar-refractivity contribution is 0.569. The summed E-state index contributed by atoms with van der Waals surface area (Å²) in [6.45, 7) is 8.95.